The highest BCUT2D eigenvalue weighted by Crippen LogP contribution is 2.21. The number of amides is 1. The number of carbonyl (C=O) groups excluding carboxylic acids is 1. The van der Waals surface area contributed by atoms with Crippen molar-refractivity contribution < 1.29 is 9.53 Å². The number of rotatable bonds is 3. The first-order valence-corrected chi connectivity index (χ1v) is 7.57. The fourth-order valence-corrected chi connectivity index (χ4v) is 2.49. The monoisotopic (exact) mass is 313 g/mol. The quantitative estimate of drug-likeness (QED) is 0.909. The van der Waals surface area contributed by atoms with Gasteiger partial charge in [0.1, 0.15) is 5.69 Å². The van der Waals surface area contributed by atoms with Crippen molar-refractivity contribution in [3.63, 3.8) is 0 Å². The van der Waals surface area contributed by atoms with Crippen molar-refractivity contribution in [3.8, 4) is 11.4 Å². The van der Waals surface area contributed by atoms with E-state index in [9.17, 15) is 4.79 Å². The molecule has 1 fully saturated rings. The molecule has 0 aliphatic carbocycles. The van der Waals surface area contributed by atoms with Gasteiger partial charge >= 0.3 is 0 Å². The van der Waals surface area contributed by atoms with Crippen molar-refractivity contribution in [2.45, 2.75) is 13.0 Å². The second-order valence-electron chi connectivity index (χ2n) is 5.42. The molecular formula is C16H19N5O2. The van der Waals surface area contributed by atoms with E-state index in [4.69, 9.17) is 10.5 Å². The highest BCUT2D eigenvalue weighted by Gasteiger charge is 2.19. The molecule has 120 valence electrons. The normalized spacial score (nSPS) is 16.2. The lowest BCUT2D eigenvalue weighted by Crippen LogP contribution is -2.40. The highest BCUT2D eigenvalue weighted by atomic mass is 16.5. The van der Waals surface area contributed by atoms with Crippen LogP contribution in [0.15, 0.2) is 30.7 Å². The van der Waals surface area contributed by atoms with Gasteiger partial charge in [-0.3, -0.25) is 19.7 Å². The third-order valence-electron chi connectivity index (χ3n) is 3.71. The largest absolute Gasteiger partial charge is 0.378 e. The SMILES string of the molecule is C[C@@H](N)c1nccnc1-c1ccc(C(=O)N2CCOCC2)cn1. The molecule has 3 heterocycles. The summed E-state index contributed by atoms with van der Waals surface area (Å²) in [6, 6.07) is 3.30. The molecule has 7 heteroatoms. The summed E-state index contributed by atoms with van der Waals surface area (Å²) in [5, 5.41) is 0. The van der Waals surface area contributed by atoms with E-state index in [1.807, 2.05) is 6.92 Å². The Balaban J connectivity index is 1.84. The van der Waals surface area contributed by atoms with Crippen molar-refractivity contribution in [3.05, 3.63) is 42.0 Å². The zero-order valence-corrected chi connectivity index (χ0v) is 13.0. The molecule has 1 aliphatic rings. The third kappa shape index (κ3) is 3.35. The van der Waals surface area contributed by atoms with Gasteiger partial charge in [0.2, 0.25) is 0 Å². The summed E-state index contributed by atoms with van der Waals surface area (Å²) in [5.74, 6) is -0.0288. The first-order valence-electron chi connectivity index (χ1n) is 7.57. The Kier molecular flexibility index (Phi) is 4.59. The standard InChI is InChI=1S/C16H19N5O2/c1-11(17)14-15(19-5-4-18-14)13-3-2-12(10-20-13)16(22)21-6-8-23-9-7-21/h2-5,10-11H,6-9,17H2,1H3/t11-/m1/s1. The van der Waals surface area contributed by atoms with E-state index < -0.39 is 0 Å². The van der Waals surface area contributed by atoms with Crippen molar-refractivity contribution in [1.82, 2.24) is 19.9 Å². The number of aromatic nitrogens is 3. The smallest absolute Gasteiger partial charge is 0.255 e. The Labute approximate surface area is 134 Å². The fraction of sp³-hybridized carbons (Fsp3) is 0.375. The summed E-state index contributed by atoms with van der Waals surface area (Å²) in [7, 11) is 0. The molecule has 23 heavy (non-hydrogen) atoms. The number of hydrogen-bond donors (Lipinski definition) is 1. The van der Waals surface area contributed by atoms with E-state index in [-0.39, 0.29) is 11.9 Å². The predicted octanol–water partition coefficient (Wildman–Crippen LogP) is 1.03. The van der Waals surface area contributed by atoms with Gasteiger partial charge in [0.25, 0.3) is 5.91 Å². The maximum absolute atomic E-state index is 12.4. The van der Waals surface area contributed by atoms with Crippen LogP contribution in [0, 0.1) is 0 Å². The lowest BCUT2D eigenvalue weighted by Gasteiger charge is -2.26. The summed E-state index contributed by atoms with van der Waals surface area (Å²) in [5.41, 5.74) is 8.47. The van der Waals surface area contributed by atoms with Gasteiger partial charge in [0, 0.05) is 37.7 Å². The number of morpholine rings is 1. The maximum atomic E-state index is 12.4. The van der Waals surface area contributed by atoms with Crippen molar-refractivity contribution in [1.29, 1.82) is 0 Å². The zero-order valence-electron chi connectivity index (χ0n) is 13.0. The van der Waals surface area contributed by atoms with E-state index in [1.54, 1.807) is 35.6 Å². The summed E-state index contributed by atoms with van der Waals surface area (Å²) >= 11 is 0. The lowest BCUT2D eigenvalue weighted by atomic mass is 10.1. The number of pyridine rings is 1. The van der Waals surface area contributed by atoms with Crippen LogP contribution in [0.1, 0.15) is 29.0 Å². The predicted molar refractivity (Wildman–Crippen MR) is 84.6 cm³/mol. The minimum atomic E-state index is -0.241. The molecule has 0 aromatic carbocycles. The molecule has 1 atom stereocenters. The van der Waals surface area contributed by atoms with Crippen LogP contribution in [0.5, 0.6) is 0 Å². The van der Waals surface area contributed by atoms with E-state index in [1.165, 1.54) is 0 Å². The van der Waals surface area contributed by atoms with Gasteiger partial charge in [0.15, 0.2) is 0 Å². The van der Waals surface area contributed by atoms with Crippen LogP contribution in [0.4, 0.5) is 0 Å². The van der Waals surface area contributed by atoms with Crippen LogP contribution in [-0.2, 0) is 4.74 Å². The minimum absolute atomic E-state index is 0.0288. The van der Waals surface area contributed by atoms with Crippen LogP contribution in [0.3, 0.4) is 0 Å². The topological polar surface area (TPSA) is 94.2 Å². The Morgan fingerprint density at radius 2 is 1.96 bits per heavy atom. The molecule has 0 spiro atoms. The average Bonchev–Trinajstić information content (AvgIpc) is 2.62. The van der Waals surface area contributed by atoms with Gasteiger partial charge < -0.3 is 15.4 Å². The molecule has 0 radical (unpaired) electrons. The van der Waals surface area contributed by atoms with E-state index >= 15 is 0 Å². The van der Waals surface area contributed by atoms with Gasteiger partial charge in [-0.05, 0) is 19.1 Å². The molecule has 1 aliphatic heterocycles. The molecule has 0 unspecified atom stereocenters. The minimum Gasteiger partial charge on any atom is -0.378 e. The second-order valence-corrected chi connectivity index (χ2v) is 5.42. The van der Waals surface area contributed by atoms with Gasteiger partial charge in [-0.1, -0.05) is 0 Å². The average molecular weight is 313 g/mol. The number of carbonyl (C=O) groups is 1. The second kappa shape index (κ2) is 6.80. The number of nitrogens with two attached hydrogens (primary N) is 1. The molecule has 2 aromatic rings. The van der Waals surface area contributed by atoms with Crippen LogP contribution in [0.2, 0.25) is 0 Å². The Morgan fingerprint density at radius 3 is 2.61 bits per heavy atom. The summed E-state index contributed by atoms with van der Waals surface area (Å²) in [6.07, 6.45) is 4.79. The van der Waals surface area contributed by atoms with Crippen LogP contribution in [0.25, 0.3) is 11.4 Å². The molecule has 3 rings (SSSR count). The summed E-state index contributed by atoms with van der Waals surface area (Å²) < 4.78 is 5.26. The third-order valence-corrected chi connectivity index (χ3v) is 3.71. The van der Waals surface area contributed by atoms with Crippen molar-refractivity contribution in [2.24, 2.45) is 5.73 Å². The van der Waals surface area contributed by atoms with Crippen LogP contribution in [-0.4, -0.2) is 52.1 Å². The molecule has 1 amide bonds. The van der Waals surface area contributed by atoms with Crippen LogP contribution >= 0.6 is 0 Å². The van der Waals surface area contributed by atoms with E-state index in [0.29, 0.717) is 48.9 Å². The maximum Gasteiger partial charge on any atom is 0.255 e. The first kappa shape index (κ1) is 15.5. The molecule has 0 bridgehead atoms. The zero-order chi connectivity index (χ0) is 16.2. The van der Waals surface area contributed by atoms with Gasteiger partial charge in [0.05, 0.1) is 30.2 Å². The van der Waals surface area contributed by atoms with Gasteiger partial charge in [-0.15, -0.1) is 0 Å². The van der Waals surface area contributed by atoms with Crippen molar-refractivity contribution in [2.75, 3.05) is 26.3 Å². The van der Waals surface area contributed by atoms with Gasteiger partial charge in [-0.2, -0.15) is 0 Å². The molecule has 2 aromatic heterocycles. The molecular weight excluding hydrogens is 294 g/mol. The molecule has 2 N–H and O–H groups in total. The van der Waals surface area contributed by atoms with E-state index in [2.05, 4.69) is 15.0 Å². The molecule has 1 saturated heterocycles. The van der Waals surface area contributed by atoms with Gasteiger partial charge in [-0.25, -0.2) is 0 Å². The van der Waals surface area contributed by atoms with Crippen molar-refractivity contribution >= 4 is 5.91 Å². The molecule has 7 nitrogen and oxygen atoms in total. The van der Waals surface area contributed by atoms with E-state index in [0.717, 1.165) is 0 Å². The fourth-order valence-electron chi connectivity index (χ4n) is 2.49. The Morgan fingerprint density at radius 1 is 1.22 bits per heavy atom. The number of hydrogen-bond acceptors (Lipinski definition) is 6. The lowest BCUT2D eigenvalue weighted by molar-refractivity contribution is 0.0302. The Hall–Kier alpha value is -2.38. The molecule has 0 saturated carbocycles. The highest BCUT2D eigenvalue weighted by molar-refractivity contribution is 5.94. The summed E-state index contributed by atoms with van der Waals surface area (Å²) in [6.45, 7) is 4.23. The number of ether oxygens (including phenoxy) is 1. The first-order chi connectivity index (χ1) is 11.2. The number of nitrogens with zero attached hydrogens (tertiary/aromatic N) is 4. The Bertz CT molecular complexity index is 681. The summed E-state index contributed by atoms with van der Waals surface area (Å²) in [4.78, 5) is 27.1. The van der Waals surface area contributed by atoms with Crippen LogP contribution < -0.4 is 5.73 Å².